The minimum Gasteiger partial charge on any atom is -0.318 e. The maximum atomic E-state index is 12.7. The zero-order valence-electron chi connectivity index (χ0n) is 8.43. The Kier molecular flexibility index (Phi) is 2.97. The van der Waals surface area contributed by atoms with Crippen molar-refractivity contribution in [3.63, 3.8) is 0 Å². The topological polar surface area (TPSA) is 69.6 Å². The Hall–Kier alpha value is -1.34. The Balaban J connectivity index is 2.39. The molecular weight excluding hydrogens is 277 g/mol. The zero-order valence-corrected chi connectivity index (χ0v) is 10.0. The van der Waals surface area contributed by atoms with Crippen LogP contribution in [-0.4, -0.2) is 20.0 Å². The summed E-state index contributed by atoms with van der Waals surface area (Å²) in [6.45, 7) is 0. The molecule has 0 spiro atoms. The van der Waals surface area contributed by atoms with Gasteiger partial charge in [0, 0.05) is 7.05 Å². The van der Waals surface area contributed by atoms with Crippen molar-refractivity contribution in [2.75, 3.05) is 0 Å². The van der Waals surface area contributed by atoms with Crippen molar-refractivity contribution in [2.45, 2.75) is 6.04 Å². The normalized spacial score (nSPS) is 12.8. The van der Waals surface area contributed by atoms with Gasteiger partial charge in [-0.05, 0) is 28.1 Å². The molecule has 0 radical (unpaired) electrons. The number of halogens is 2. The molecule has 2 rings (SSSR count). The fourth-order valence-corrected chi connectivity index (χ4v) is 1.95. The maximum Gasteiger partial charge on any atom is 0.153 e. The summed E-state index contributed by atoms with van der Waals surface area (Å²) in [5.74, 6) is -0.391. The highest BCUT2D eigenvalue weighted by molar-refractivity contribution is 9.10. The van der Waals surface area contributed by atoms with E-state index >= 15 is 0 Å². The van der Waals surface area contributed by atoms with Gasteiger partial charge in [-0.3, -0.25) is 4.98 Å². The molecule has 2 heterocycles. The molecule has 84 valence electrons. The van der Waals surface area contributed by atoms with Crippen LogP contribution in [0.2, 0.25) is 0 Å². The average Bonchev–Trinajstić information content (AvgIpc) is 2.59. The monoisotopic (exact) mass is 285 g/mol. The molecule has 0 saturated carbocycles. The van der Waals surface area contributed by atoms with Gasteiger partial charge in [-0.15, -0.1) is 5.10 Å². The van der Waals surface area contributed by atoms with E-state index in [9.17, 15) is 4.39 Å². The molecule has 2 aromatic heterocycles. The fourth-order valence-electron chi connectivity index (χ4n) is 1.38. The van der Waals surface area contributed by atoms with Crippen LogP contribution in [0.3, 0.4) is 0 Å². The minimum atomic E-state index is -0.491. The smallest absolute Gasteiger partial charge is 0.153 e. The first-order valence-electron chi connectivity index (χ1n) is 4.51. The number of aromatic nitrogens is 4. The van der Waals surface area contributed by atoms with Crippen LogP contribution in [0.1, 0.15) is 17.4 Å². The van der Waals surface area contributed by atoms with Crippen molar-refractivity contribution in [2.24, 2.45) is 12.8 Å². The van der Waals surface area contributed by atoms with Crippen LogP contribution >= 0.6 is 15.9 Å². The highest BCUT2D eigenvalue weighted by Crippen LogP contribution is 2.23. The molecule has 0 aliphatic carbocycles. The number of nitrogens with zero attached hydrogens (tertiary/aromatic N) is 4. The minimum absolute atomic E-state index is 0.391. The molecule has 2 N–H and O–H groups in total. The predicted octanol–water partition coefficient (Wildman–Crippen LogP) is 1.16. The number of hydrogen-bond acceptors (Lipinski definition) is 4. The highest BCUT2D eigenvalue weighted by atomic mass is 79.9. The third kappa shape index (κ3) is 1.96. The average molecular weight is 286 g/mol. The molecule has 0 bridgehead atoms. The summed E-state index contributed by atoms with van der Waals surface area (Å²) in [4.78, 5) is 3.93. The molecule has 16 heavy (non-hydrogen) atoms. The lowest BCUT2D eigenvalue weighted by atomic mass is 10.1. The number of rotatable bonds is 2. The summed E-state index contributed by atoms with van der Waals surface area (Å²) in [6, 6.07) is 2.37. The van der Waals surface area contributed by atoms with Gasteiger partial charge in [0.05, 0.1) is 23.6 Å². The Morgan fingerprint density at radius 1 is 1.50 bits per heavy atom. The van der Waals surface area contributed by atoms with Crippen LogP contribution in [0.5, 0.6) is 0 Å². The third-order valence-corrected chi connectivity index (χ3v) is 2.76. The van der Waals surface area contributed by atoms with E-state index < -0.39 is 11.9 Å². The molecule has 2 aromatic rings. The van der Waals surface area contributed by atoms with Crippen LogP contribution in [0.15, 0.2) is 22.9 Å². The standard InChI is InChI=1S/C9H9BrFN5/c1-16-8(9(10)14-15-16)7(12)6-3-2-5(11)4-13-6/h2-4,7H,12H2,1H3. The van der Waals surface area contributed by atoms with E-state index in [1.165, 1.54) is 6.07 Å². The van der Waals surface area contributed by atoms with E-state index in [2.05, 4.69) is 31.2 Å². The molecule has 1 atom stereocenters. The Morgan fingerprint density at radius 3 is 2.75 bits per heavy atom. The molecule has 0 amide bonds. The number of pyridine rings is 1. The molecule has 0 saturated heterocycles. The van der Waals surface area contributed by atoms with Crippen molar-refractivity contribution in [1.29, 1.82) is 0 Å². The lowest BCUT2D eigenvalue weighted by Gasteiger charge is -2.10. The molecule has 7 heteroatoms. The first kappa shape index (κ1) is 11.2. The molecule has 0 aromatic carbocycles. The summed E-state index contributed by atoms with van der Waals surface area (Å²) >= 11 is 3.25. The second-order valence-corrected chi connectivity index (χ2v) is 4.02. The first-order chi connectivity index (χ1) is 7.59. The van der Waals surface area contributed by atoms with Gasteiger partial charge >= 0.3 is 0 Å². The quantitative estimate of drug-likeness (QED) is 0.899. The molecule has 1 unspecified atom stereocenters. The van der Waals surface area contributed by atoms with Gasteiger partial charge in [-0.1, -0.05) is 5.21 Å². The molecule has 0 aliphatic rings. The van der Waals surface area contributed by atoms with Crippen molar-refractivity contribution in [3.05, 3.63) is 40.1 Å². The van der Waals surface area contributed by atoms with E-state index in [4.69, 9.17) is 5.73 Å². The molecule has 0 fully saturated rings. The number of aryl methyl sites for hydroxylation is 1. The van der Waals surface area contributed by atoms with E-state index in [0.717, 1.165) is 6.20 Å². The predicted molar refractivity (Wildman–Crippen MR) is 58.9 cm³/mol. The van der Waals surface area contributed by atoms with Crippen molar-refractivity contribution in [3.8, 4) is 0 Å². The van der Waals surface area contributed by atoms with E-state index in [1.807, 2.05) is 0 Å². The Morgan fingerprint density at radius 2 is 2.25 bits per heavy atom. The van der Waals surface area contributed by atoms with Gasteiger partial charge in [0.2, 0.25) is 0 Å². The fraction of sp³-hybridized carbons (Fsp3) is 0.222. The molecular formula is C9H9BrFN5. The van der Waals surface area contributed by atoms with Gasteiger partial charge < -0.3 is 5.73 Å². The largest absolute Gasteiger partial charge is 0.318 e. The second-order valence-electron chi connectivity index (χ2n) is 3.27. The Labute approximate surface area is 99.6 Å². The highest BCUT2D eigenvalue weighted by Gasteiger charge is 2.19. The van der Waals surface area contributed by atoms with Crippen molar-refractivity contribution >= 4 is 15.9 Å². The van der Waals surface area contributed by atoms with Crippen molar-refractivity contribution in [1.82, 2.24) is 20.0 Å². The van der Waals surface area contributed by atoms with Crippen LogP contribution < -0.4 is 5.73 Å². The van der Waals surface area contributed by atoms with E-state index in [0.29, 0.717) is 16.0 Å². The van der Waals surface area contributed by atoms with Gasteiger partial charge in [-0.2, -0.15) is 0 Å². The summed E-state index contributed by atoms with van der Waals surface area (Å²) in [7, 11) is 1.73. The van der Waals surface area contributed by atoms with Crippen LogP contribution in [0, 0.1) is 5.82 Å². The SMILES string of the molecule is Cn1nnc(Br)c1C(N)c1ccc(F)cn1. The Bertz CT molecular complexity index is 476. The lowest BCUT2D eigenvalue weighted by Crippen LogP contribution is -2.17. The third-order valence-electron chi connectivity index (χ3n) is 2.19. The van der Waals surface area contributed by atoms with Gasteiger partial charge in [0.1, 0.15) is 5.82 Å². The van der Waals surface area contributed by atoms with Crippen LogP contribution in [0.4, 0.5) is 4.39 Å². The first-order valence-corrected chi connectivity index (χ1v) is 5.31. The summed E-state index contributed by atoms with van der Waals surface area (Å²) in [5.41, 5.74) is 7.25. The summed E-state index contributed by atoms with van der Waals surface area (Å²) in [5, 5.41) is 7.65. The zero-order chi connectivity index (χ0) is 11.7. The maximum absolute atomic E-state index is 12.7. The second kappa shape index (κ2) is 4.26. The van der Waals surface area contributed by atoms with Gasteiger partial charge in [0.15, 0.2) is 4.60 Å². The number of nitrogens with two attached hydrogens (primary N) is 1. The lowest BCUT2D eigenvalue weighted by molar-refractivity contribution is 0.611. The summed E-state index contributed by atoms with van der Waals surface area (Å²) < 4.78 is 14.8. The van der Waals surface area contributed by atoms with Crippen LogP contribution in [-0.2, 0) is 7.05 Å². The van der Waals surface area contributed by atoms with Gasteiger partial charge in [0.25, 0.3) is 0 Å². The van der Waals surface area contributed by atoms with E-state index in [1.54, 1.807) is 17.8 Å². The van der Waals surface area contributed by atoms with E-state index in [-0.39, 0.29) is 0 Å². The van der Waals surface area contributed by atoms with Gasteiger partial charge in [-0.25, -0.2) is 9.07 Å². The van der Waals surface area contributed by atoms with Crippen molar-refractivity contribution < 1.29 is 4.39 Å². The summed E-state index contributed by atoms with van der Waals surface area (Å²) in [6.07, 6.45) is 1.13. The molecule has 5 nitrogen and oxygen atoms in total. The molecule has 0 aliphatic heterocycles. The number of hydrogen-bond donors (Lipinski definition) is 1. The van der Waals surface area contributed by atoms with Crippen LogP contribution in [0.25, 0.3) is 0 Å².